The normalized spacial score (nSPS) is 19.1. The Kier molecular flexibility index (Phi) is 11.2. The Balaban J connectivity index is 0.948. The number of hydrogen-bond donors (Lipinski definition) is 3. The molecule has 13 heteroatoms. The first-order chi connectivity index (χ1) is 28.2. The van der Waals surface area contributed by atoms with Crippen LogP contribution in [0.1, 0.15) is 87.7 Å². The molecule has 1 aliphatic carbocycles. The van der Waals surface area contributed by atoms with Gasteiger partial charge in [0.1, 0.15) is 29.5 Å². The van der Waals surface area contributed by atoms with Crippen molar-refractivity contribution in [1.82, 2.24) is 39.5 Å². The molecule has 58 heavy (non-hydrogen) atoms. The van der Waals surface area contributed by atoms with Crippen LogP contribution in [-0.4, -0.2) is 102 Å². The lowest BCUT2D eigenvalue weighted by atomic mass is 10.0. The van der Waals surface area contributed by atoms with Gasteiger partial charge in [0.15, 0.2) is 0 Å². The number of aromatic amines is 2. The number of H-pyrrole nitrogens is 2. The van der Waals surface area contributed by atoms with Crippen LogP contribution in [-0.2, 0) is 9.59 Å². The van der Waals surface area contributed by atoms with Crippen LogP contribution >= 0.6 is 0 Å². The summed E-state index contributed by atoms with van der Waals surface area (Å²) in [5.74, 6) is 0.874. The number of benzene rings is 3. The summed E-state index contributed by atoms with van der Waals surface area (Å²) in [6.07, 6.45) is 7.17. The molecule has 3 N–H and O–H groups in total. The average molecular weight is 787 g/mol. The van der Waals surface area contributed by atoms with Gasteiger partial charge in [0.2, 0.25) is 11.8 Å². The van der Waals surface area contributed by atoms with Crippen LogP contribution in [0.25, 0.3) is 33.6 Å². The van der Waals surface area contributed by atoms with Crippen molar-refractivity contribution in [3.63, 3.8) is 0 Å². The summed E-state index contributed by atoms with van der Waals surface area (Å²) in [6, 6.07) is 21.5. The van der Waals surface area contributed by atoms with E-state index in [4.69, 9.17) is 4.98 Å². The summed E-state index contributed by atoms with van der Waals surface area (Å²) < 4.78 is 15.8. The molecule has 0 bridgehead atoms. The van der Waals surface area contributed by atoms with E-state index in [-0.39, 0.29) is 35.9 Å². The molecule has 5 aromatic rings. The van der Waals surface area contributed by atoms with Crippen molar-refractivity contribution in [2.75, 3.05) is 33.2 Å². The predicted molar refractivity (Wildman–Crippen MR) is 219 cm³/mol. The molecule has 0 unspecified atom stereocenters. The third-order valence-electron chi connectivity index (χ3n) is 12.2. The molecular formula is C45H51FN8O4. The number of carbonyl (C=O) groups is 3. The van der Waals surface area contributed by atoms with Crippen LogP contribution in [0.3, 0.4) is 0 Å². The van der Waals surface area contributed by atoms with Gasteiger partial charge >= 0.3 is 6.09 Å². The molecule has 2 aliphatic heterocycles. The van der Waals surface area contributed by atoms with Gasteiger partial charge in [-0.3, -0.25) is 19.4 Å². The highest BCUT2D eigenvalue weighted by Gasteiger charge is 2.45. The highest BCUT2D eigenvalue weighted by molar-refractivity contribution is 5.87. The van der Waals surface area contributed by atoms with E-state index >= 15 is 4.39 Å². The van der Waals surface area contributed by atoms with Crippen LogP contribution < -0.4 is 0 Å². The molecule has 0 radical (unpaired) electrons. The summed E-state index contributed by atoms with van der Waals surface area (Å²) in [5.41, 5.74) is 5.24. The van der Waals surface area contributed by atoms with Crippen molar-refractivity contribution in [1.29, 1.82) is 0 Å². The van der Waals surface area contributed by atoms with Crippen molar-refractivity contribution in [3.05, 3.63) is 108 Å². The zero-order valence-corrected chi connectivity index (χ0v) is 33.3. The fourth-order valence-corrected chi connectivity index (χ4v) is 8.96. The number of likely N-dealkylation sites (tertiary alicyclic amines) is 2. The quantitative estimate of drug-likeness (QED) is 0.110. The second-order valence-corrected chi connectivity index (χ2v) is 15.7. The number of carboxylic acid groups (broad SMARTS) is 1. The van der Waals surface area contributed by atoms with Gasteiger partial charge in [-0.05, 0) is 91.9 Å². The lowest BCUT2D eigenvalue weighted by molar-refractivity contribution is -0.138. The highest BCUT2D eigenvalue weighted by Crippen LogP contribution is 2.40. The topological polar surface area (TPSA) is 142 Å². The van der Waals surface area contributed by atoms with Gasteiger partial charge in [-0.15, -0.1) is 0 Å². The summed E-state index contributed by atoms with van der Waals surface area (Å²) in [7, 11) is 1.46. The number of rotatable bonds is 13. The van der Waals surface area contributed by atoms with Gasteiger partial charge < -0.3 is 24.9 Å². The summed E-state index contributed by atoms with van der Waals surface area (Å²) in [5, 5.41) is 9.62. The Hall–Kier alpha value is -5.82. The van der Waals surface area contributed by atoms with Gasteiger partial charge in [0.05, 0.1) is 35.9 Å². The van der Waals surface area contributed by atoms with E-state index < -0.39 is 18.0 Å². The van der Waals surface area contributed by atoms with E-state index in [0.29, 0.717) is 36.6 Å². The first-order valence-corrected chi connectivity index (χ1v) is 20.5. The predicted octanol–water partition coefficient (Wildman–Crippen LogP) is 8.07. The number of nitrogens with zero attached hydrogens (tertiary/aromatic N) is 6. The maximum atomic E-state index is 15.8. The molecule has 12 nitrogen and oxygen atoms in total. The molecule has 8 rings (SSSR count). The fourth-order valence-electron chi connectivity index (χ4n) is 8.96. The lowest BCUT2D eigenvalue weighted by Crippen LogP contribution is -2.50. The number of imidazole rings is 2. The number of aromatic nitrogens is 4. The first kappa shape index (κ1) is 39.0. The SMILES string of the molecule is CCN(CC)[C@@H](C(=O)N1CCC[C@H]1c1ncc(-c2ccc(-c3ccc(-c4cnc([C@@H]5CCCN5C(=O)[C@H](C5CC5)N(C)C(=O)O)[nH]4)c(F)c3)cc2)[nH]1)c1ccccc1. The van der Waals surface area contributed by atoms with Crippen molar-refractivity contribution >= 4 is 17.9 Å². The number of amides is 3. The van der Waals surface area contributed by atoms with Crippen molar-refractivity contribution in [3.8, 4) is 33.6 Å². The number of hydrogen-bond acceptors (Lipinski definition) is 6. The van der Waals surface area contributed by atoms with Gasteiger partial charge in [-0.1, -0.05) is 74.5 Å². The third-order valence-corrected chi connectivity index (χ3v) is 12.2. The number of carbonyl (C=O) groups excluding carboxylic acids is 2. The smallest absolute Gasteiger partial charge is 0.407 e. The van der Waals surface area contributed by atoms with E-state index in [1.165, 1.54) is 13.1 Å². The Morgan fingerprint density at radius 2 is 1.34 bits per heavy atom. The van der Waals surface area contributed by atoms with Crippen molar-refractivity contribution in [2.24, 2.45) is 5.92 Å². The Bertz CT molecular complexity index is 2250. The van der Waals surface area contributed by atoms with Gasteiger partial charge in [-0.2, -0.15) is 0 Å². The van der Waals surface area contributed by atoms with Crippen molar-refractivity contribution < 1.29 is 23.9 Å². The Morgan fingerprint density at radius 1 is 0.776 bits per heavy atom. The standard InChI is InChI=1S/C45H51FN8O4/c1-4-52(5-2)40(30-11-7-6-8-12-30)44(56)54-24-10-13-37(54)41-47-26-35(49-41)29-17-15-28(16-18-29)32-21-22-33(34(46)25-32)36-27-48-42(50-36)38-14-9-23-53(38)43(55)39(31-19-20-31)51(3)45(57)58/h6-8,11-12,15-18,21-22,25-27,31,37-40H,4-5,9-10,13-14,19-20,23-24H2,1-3H3,(H,47,49)(H,48,50)(H,57,58)/t37-,38-,39-,40+/m0/s1. The Morgan fingerprint density at radius 3 is 1.93 bits per heavy atom. The monoisotopic (exact) mass is 786 g/mol. The second-order valence-electron chi connectivity index (χ2n) is 15.7. The van der Waals surface area contributed by atoms with E-state index in [1.807, 2.05) is 71.8 Å². The van der Waals surface area contributed by atoms with Crippen LogP contribution in [0, 0.1) is 11.7 Å². The molecule has 3 aliphatic rings. The minimum Gasteiger partial charge on any atom is -0.465 e. The molecule has 2 saturated heterocycles. The molecule has 302 valence electrons. The van der Waals surface area contributed by atoms with Crippen LogP contribution in [0.15, 0.2) is 85.2 Å². The summed E-state index contributed by atoms with van der Waals surface area (Å²) >= 11 is 0. The Labute approximate surface area is 338 Å². The van der Waals surface area contributed by atoms with Gasteiger partial charge in [-0.25, -0.2) is 19.2 Å². The molecule has 4 heterocycles. The number of halogens is 1. The van der Waals surface area contributed by atoms with Crippen LogP contribution in [0.2, 0.25) is 0 Å². The molecule has 2 aromatic heterocycles. The maximum absolute atomic E-state index is 15.8. The molecule has 1 saturated carbocycles. The van der Waals surface area contributed by atoms with E-state index in [2.05, 4.69) is 33.7 Å². The van der Waals surface area contributed by atoms with Gasteiger partial charge in [0.25, 0.3) is 0 Å². The molecule has 0 spiro atoms. The summed E-state index contributed by atoms with van der Waals surface area (Å²) in [4.78, 5) is 62.8. The second kappa shape index (κ2) is 16.6. The number of nitrogens with one attached hydrogen (secondary N) is 2. The molecule has 3 fully saturated rings. The largest absolute Gasteiger partial charge is 0.465 e. The summed E-state index contributed by atoms with van der Waals surface area (Å²) in [6.45, 7) is 6.93. The van der Waals surface area contributed by atoms with E-state index in [0.717, 1.165) is 83.9 Å². The molecule has 3 amide bonds. The van der Waals surface area contributed by atoms with E-state index in [9.17, 15) is 19.5 Å². The first-order valence-electron chi connectivity index (χ1n) is 20.5. The third kappa shape index (κ3) is 7.62. The highest BCUT2D eigenvalue weighted by atomic mass is 19.1. The van der Waals surface area contributed by atoms with Crippen molar-refractivity contribution in [2.45, 2.75) is 76.5 Å². The minimum atomic E-state index is -1.12. The fraction of sp³-hybridized carbons (Fsp3) is 0.400. The number of likely N-dealkylation sites (N-methyl/N-ethyl adjacent to an activating group) is 2. The molecule has 3 aromatic carbocycles. The zero-order chi connectivity index (χ0) is 40.5. The van der Waals surface area contributed by atoms with Gasteiger partial charge in [0, 0.05) is 25.7 Å². The lowest BCUT2D eigenvalue weighted by Gasteiger charge is -2.34. The average Bonchev–Trinajstić information content (AvgIpc) is 3.72. The van der Waals surface area contributed by atoms with Crippen LogP contribution in [0.5, 0.6) is 0 Å². The minimum absolute atomic E-state index is 0.0344. The van der Waals surface area contributed by atoms with Crippen LogP contribution in [0.4, 0.5) is 9.18 Å². The maximum Gasteiger partial charge on any atom is 0.407 e. The molecular weight excluding hydrogens is 736 g/mol. The molecule has 4 atom stereocenters. The zero-order valence-electron chi connectivity index (χ0n) is 33.3. The van der Waals surface area contributed by atoms with E-state index in [1.54, 1.807) is 17.2 Å².